The second-order valence-electron chi connectivity index (χ2n) is 6.17. The van der Waals surface area contributed by atoms with Crippen LogP contribution in [0.25, 0.3) is 0 Å². The number of nitrogens with one attached hydrogen (secondary N) is 3. The number of hydrogen-bond donors (Lipinski definition) is 9. The van der Waals surface area contributed by atoms with E-state index in [1.54, 1.807) is 0 Å². The van der Waals surface area contributed by atoms with E-state index < -0.39 is 72.7 Å². The number of primary amides is 2. The average Bonchev–Trinajstić information content (AvgIpc) is 2.66. The molecule has 0 radical (unpaired) electrons. The zero-order chi connectivity index (χ0) is 23.4. The van der Waals surface area contributed by atoms with E-state index in [1.165, 1.54) is 0 Å². The van der Waals surface area contributed by atoms with Gasteiger partial charge >= 0.3 is 5.97 Å². The Labute approximate surface area is 176 Å². The summed E-state index contributed by atoms with van der Waals surface area (Å²) in [6.07, 6.45) is -1.33. The molecule has 0 aliphatic rings. The van der Waals surface area contributed by atoms with E-state index in [0.717, 1.165) is 0 Å². The molecule has 0 rings (SSSR count). The molecule has 4 atom stereocenters. The number of carbonyl (C=O) groups is 6. The van der Waals surface area contributed by atoms with Gasteiger partial charge in [0.15, 0.2) is 0 Å². The van der Waals surface area contributed by atoms with Gasteiger partial charge in [0.1, 0.15) is 24.2 Å². The fourth-order valence-electron chi connectivity index (χ4n) is 2.06. The molecule has 0 heterocycles. The lowest BCUT2D eigenvalue weighted by molar-refractivity contribution is -0.144. The number of aliphatic hydroxyl groups excluding tert-OH is 1. The standard InChI is InChI=1S/C15H26N6O8S/c16-6(4-22)12(25)21-9(5-30)14(27)19-7(1-2-10(17)23)13(26)20-8(15(28)29)3-11(18)24/h6-9,22,30H,1-5,16H2,(H2,17,23)(H2,18,24)(H,19,27)(H,20,26)(H,21,25)(H,28,29). The Hall–Kier alpha value is -2.91. The van der Waals surface area contributed by atoms with Crippen LogP contribution < -0.4 is 33.2 Å². The molecule has 11 N–H and O–H groups in total. The van der Waals surface area contributed by atoms with Crippen LogP contribution in [0.4, 0.5) is 0 Å². The van der Waals surface area contributed by atoms with E-state index in [-0.39, 0.29) is 18.6 Å². The second-order valence-corrected chi connectivity index (χ2v) is 6.53. The minimum Gasteiger partial charge on any atom is -0.480 e. The van der Waals surface area contributed by atoms with Crippen molar-refractivity contribution < 1.29 is 39.0 Å². The number of carboxylic acid groups (broad SMARTS) is 1. The highest BCUT2D eigenvalue weighted by Crippen LogP contribution is 2.02. The van der Waals surface area contributed by atoms with Crippen molar-refractivity contribution in [3.05, 3.63) is 0 Å². The third kappa shape index (κ3) is 10.0. The summed E-state index contributed by atoms with van der Waals surface area (Å²) in [5.74, 6) is -6.29. The fraction of sp³-hybridized carbons (Fsp3) is 0.600. The third-order valence-corrected chi connectivity index (χ3v) is 4.05. The smallest absolute Gasteiger partial charge is 0.326 e. The van der Waals surface area contributed by atoms with Crippen LogP contribution in [0, 0.1) is 0 Å². The van der Waals surface area contributed by atoms with Gasteiger partial charge in [0.25, 0.3) is 0 Å². The number of thiol groups is 1. The molecule has 0 saturated heterocycles. The maximum Gasteiger partial charge on any atom is 0.326 e. The molecule has 5 amide bonds. The number of carboxylic acids is 1. The molecular weight excluding hydrogens is 424 g/mol. The summed E-state index contributed by atoms with van der Waals surface area (Å²) in [7, 11) is 0. The van der Waals surface area contributed by atoms with Gasteiger partial charge in [0.2, 0.25) is 29.5 Å². The van der Waals surface area contributed by atoms with Crippen LogP contribution in [0.15, 0.2) is 0 Å². The van der Waals surface area contributed by atoms with Gasteiger partial charge in [-0.3, -0.25) is 24.0 Å². The van der Waals surface area contributed by atoms with Gasteiger partial charge in [-0.2, -0.15) is 12.6 Å². The molecule has 30 heavy (non-hydrogen) atoms. The van der Waals surface area contributed by atoms with Gasteiger partial charge < -0.3 is 43.4 Å². The van der Waals surface area contributed by atoms with Crippen LogP contribution in [-0.2, 0) is 28.8 Å². The summed E-state index contributed by atoms with van der Waals surface area (Å²) >= 11 is 3.92. The molecule has 0 fully saturated rings. The molecule has 4 unspecified atom stereocenters. The number of nitrogens with two attached hydrogens (primary N) is 3. The van der Waals surface area contributed by atoms with Crippen LogP contribution in [0.5, 0.6) is 0 Å². The topological polar surface area (TPSA) is 257 Å². The van der Waals surface area contributed by atoms with Gasteiger partial charge in [-0.25, -0.2) is 4.79 Å². The monoisotopic (exact) mass is 450 g/mol. The number of aliphatic hydroxyl groups is 1. The molecule has 0 aromatic rings. The molecular formula is C15H26N6O8S. The molecule has 0 aromatic heterocycles. The summed E-state index contributed by atoms with van der Waals surface area (Å²) in [4.78, 5) is 69.8. The summed E-state index contributed by atoms with van der Waals surface area (Å²) in [6, 6.07) is -5.64. The zero-order valence-corrected chi connectivity index (χ0v) is 16.8. The van der Waals surface area contributed by atoms with Gasteiger partial charge in [0, 0.05) is 12.2 Å². The van der Waals surface area contributed by atoms with Crippen molar-refractivity contribution in [2.24, 2.45) is 17.2 Å². The molecule has 15 heteroatoms. The SMILES string of the molecule is NC(=O)CCC(NC(=O)C(CS)NC(=O)C(N)CO)C(=O)NC(CC(N)=O)C(=O)O. The maximum atomic E-state index is 12.4. The van der Waals surface area contributed by atoms with Gasteiger partial charge in [-0.05, 0) is 6.42 Å². The van der Waals surface area contributed by atoms with Crippen molar-refractivity contribution in [2.45, 2.75) is 43.4 Å². The van der Waals surface area contributed by atoms with Crippen LogP contribution >= 0.6 is 12.6 Å². The Kier molecular flexibility index (Phi) is 12.0. The van der Waals surface area contributed by atoms with E-state index in [9.17, 15) is 28.8 Å². The highest BCUT2D eigenvalue weighted by atomic mass is 32.1. The predicted molar refractivity (Wildman–Crippen MR) is 105 cm³/mol. The highest BCUT2D eigenvalue weighted by Gasteiger charge is 2.30. The zero-order valence-electron chi connectivity index (χ0n) is 15.9. The molecule has 0 bridgehead atoms. The predicted octanol–water partition coefficient (Wildman–Crippen LogP) is -5.08. The summed E-state index contributed by atoms with van der Waals surface area (Å²) in [6.45, 7) is -0.674. The van der Waals surface area contributed by atoms with Crippen molar-refractivity contribution >= 4 is 48.1 Å². The maximum absolute atomic E-state index is 12.4. The number of aliphatic carboxylic acids is 1. The number of carbonyl (C=O) groups excluding carboxylic acids is 5. The lowest BCUT2D eigenvalue weighted by Gasteiger charge is -2.24. The summed E-state index contributed by atoms with van der Waals surface area (Å²) in [5, 5.41) is 24.5. The fourth-order valence-corrected chi connectivity index (χ4v) is 2.31. The molecule has 0 aromatic carbocycles. The normalized spacial score (nSPS) is 14.5. The van der Waals surface area contributed by atoms with Crippen LogP contribution in [0.1, 0.15) is 19.3 Å². The van der Waals surface area contributed by atoms with E-state index >= 15 is 0 Å². The van der Waals surface area contributed by atoms with Crippen molar-refractivity contribution in [1.82, 2.24) is 16.0 Å². The van der Waals surface area contributed by atoms with E-state index in [2.05, 4.69) is 23.3 Å². The van der Waals surface area contributed by atoms with Crippen molar-refractivity contribution in [3.8, 4) is 0 Å². The minimum absolute atomic E-state index is 0.209. The Morgan fingerprint density at radius 3 is 1.77 bits per heavy atom. The minimum atomic E-state index is -1.66. The largest absolute Gasteiger partial charge is 0.480 e. The molecule has 0 aliphatic carbocycles. The Morgan fingerprint density at radius 2 is 1.33 bits per heavy atom. The summed E-state index contributed by atoms with van der Waals surface area (Å²) in [5.41, 5.74) is 15.3. The van der Waals surface area contributed by atoms with Crippen LogP contribution in [-0.4, -0.2) is 82.2 Å². The Balaban J connectivity index is 5.34. The quantitative estimate of drug-likeness (QED) is 0.114. The Bertz CT molecular complexity index is 676. The van der Waals surface area contributed by atoms with E-state index in [4.69, 9.17) is 27.4 Å². The average molecular weight is 450 g/mol. The summed E-state index contributed by atoms with van der Waals surface area (Å²) < 4.78 is 0. The van der Waals surface area contributed by atoms with E-state index in [0.29, 0.717) is 0 Å². The molecule has 14 nitrogen and oxygen atoms in total. The molecule has 0 aliphatic heterocycles. The lowest BCUT2D eigenvalue weighted by atomic mass is 10.1. The number of amides is 5. The number of rotatable bonds is 14. The van der Waals surface area contributed by atoms with Crippen molar-refractivity contribution in [1.29, 1.82) is 0 Å². The molecule has 170 valence electrons. The first kappa shape index (κ1) is 27.1. The molecule has 0 saturated carbocycles. The van der Waals surface area contributed by atoms with Gasteiger partial charge in [-0.1, -0.05) is 0 Å². The number of hydrogen-bond acceptors (Lipinski definition) is 9. The van der Waals surface area contributed by atoms with Crippen molar-refractivity contribution in [3.63, 3.8) is 0 Å². The molecule has 0 spiro atoms. The first-order valence-electron chi connectivity index (χ1n) is 8.60. The third-order valence-electron chi connectivity index (χ3n) is 3.68. The first-order chi connectivity index (χ1) is 13.9. The highest BCUT2D eigenvalue weighted by molar-refractivity contribution is 7.80. The first-order valence-corrected chi connectivity index (χ1v) is 9.23. The van der Waals surface area contributed by atoms with Crippen LogP contribution in [0.2, 0.25) is 0 Å². The second kappa shape index (κ2) is 13.3. The van der Waals surface area contributed by atoms with Gasteiger partial charge in [0.05, 0.1) is 13.0 Å². The van der Waals surface area contributed by atoms with E-state index in [1.807, 2.05) is 5.32 Å². The van der Waals surface area contributed by atoms with Gasteiger partial charge in [-0.15, -0.1) is 0 Å². The lowest BCUT2D eigenvalue weighted by Crippen LogP contribution is -2.58. The Morgan fingerprint density at radius 1 is 0.833 bits per heavy atom. The van der Waals surface area contributed by atoms with Crippen LogP contribution in [0.3, 0.4) is 0 Å². The van der Waals surface area contributed by atoms with Crippen molar-refractivity contribution in [2.75, 3.05) is 12.4 Å².